The van der Waals surface area contributed by atoms with Crippen molar-refractivity contribution in [3.63, 3.8) is 0 Å². The van der Waals surface area contributed by atoms with Gasteiger partial charge in [0, 0.05) is 6.61 Å². The zero-order chi connectivity index (χ0) is 28.8. The highest BCUT2D eigenvalue weighted by atomic mass is 31.2. The van der Waals surface area contributed by atoms with Gasteiger partial charge in [-0.15, -0.1) is 0 Å². The monoisotopic (exact) mass is 565 g/mol. The summed E-state index contributed by atoms with van der Waals surface area (Å²) in [7, 11) is -2.61. The third-order valence-corrected chi connectivity index (χ3v) is 7.30. The van der Waals surface area contributed by atoms with Crippen LogP contribution in [0.25, 0.3) is 0 Å². The highest BCUT2D eigenvalue weighted by Gasteiger charge is 1.94. The van der Waals surface area contributed by atoms with Crippen LogP contribution in [-0.4, -0.2) is 19.7 Å². The van der Waals surface area contributed by atoms with Gasteiger partial charge in [0.1, 0.15) is 0 Å². The summed E-state index contributed by atoms with van der Waals surface area (Å²) in [5, 5.41) is 0. The Kier molecular flexibility index (Phi) is 49.7. The van der Waals surface area contributed by atoms with Gasteiger partial charge >= 0.3 is 0 Å². The van der Waals surface area contributed by atoms with Crippen LogP contribution in [0.4, 0.5) is 0 Å². The molecule has 0 aliphatic heterocycles. The van der Waals surface area contributed by atoms with E-state index in [4.69, 9.17) is 0 Å². The minimum Gasteiger partial charge on any atom is -0.820 e. The van der Waals surface area contributed by atoms with Crippen molar-refractivity contribution < 1.29 is 25.8 Å². The molecule has 5 nitrogen and oxygen atoms in total. The van der Waals surface area contributed by atoms with E-state index in [1.54, 1.807) is 0 Å². The van der Waals surface area contributed by atoms with E-state index in [0.717, 1.165) is 25.9 Å². The summed E-state index contributed by atoms with van der Waals surface area (Å²) in [5.41, 5.74) is 7.74. The Morgan fingerprint density at radius 3 is 0.842 bits per heavy atom. The van der Waals surface area contributed by atoms with Crippen molar-refractivity contribution in [2.45, 2.75) is 188 Å². The summed E-state index contributed by atoms with van der Waals surface area (Å²) >= 11 is 0. The van der Waals surface area contributed by atoms with Gasteiger partial charge in [-0.05, 0) is 32.1 Å². The zero-order valence-corrected chi connectivity index (χ0v) is 27.5. The molecule has 0 spiro atoms. The molecule has 0 unspecified atom stereocenters. The second-order valence-electron chi connectivity index (χ2n) is 10.9. The Balaban J connectivity index is -0.000000508. The van der Waals surface area contributed by atoms with Crippen molar-refractivity contribution in [1.29, 1.82) is 0 Å². The van der Waals surface area contributed by atoms with E-state index >= 15 is 0 Å². The van der Waals surface area contributed by atoms with Gasteiger partial charge in [-0.3, -0.25) is 0 Å². The second-order valence-corrected chi connectivity index (χ2v) is 11.6. The normalized spacial score (nSPS) is 10.7. The highest BCUT2D eigenvalue weighted by molar-refractivity contribution is 7.36. The summed E-state index contributed by atoms with van der Waals surface area (Å²) in [6, 6.07) is 0. The lowest BCUT2D eigenvalue weighted by molar-refractivity contribution is -0.368. The average molecular weight is 565 g/mol. The molecule has 6 N–H and O–H groups in total. The number of rotatable bonds is 28. The predicted octanol–water partition coefficient (Wildman–Crippen LogP) is 7.61. The first-order chi connectivity index (χ1) is 18.6. The van der Waals surface area contributed by atoms with Crippen LogP contribution < -0.4 is 21.3 Å². The second kappa shape index (κ2) is 44.3. The summed E-state index contributed by atoms with van der Waals surface area (Å²) in [6.07, 6.45) is 36.2. The summed E-state index contributed by atoms with van der Waals surface area (Å²) in [5.74, 6) is 0. The molecule has 0 aliphatic rings. The Morgan fingerprint density at radius 2 is 0.632 bits per heavy atom. The molecule has 0 rings (SSSR count). The number of unbranched alkanes of at least 4 members (excludes halogenated alkanes) is 23. The van der Waals surface area contributed by atoms with Crippen LogP contribution in [0.15, 0.2) is 0 Å². The van der Waals surface area contributed by atoms with Crippen molar-refractivity contribution in [2.75, 3.05) is 19.7 Å². The predicted molar refractivity (Wildman–Crippen MR) is 165 cm³/mol. The van der Waals surface area contributed by atoms with E-state index in [2.05, 4.69) is 29.8 Å². The number of quaternary nitrogens is 2. The molecule has 0 fully saturated rings. The molecule has 234 valence electrons. The average Bonchev–Trinajstić information content (AvgIpc) is 2.91. The maximum Gasteiger partial charge on any atom is 0.0739 e. The minimum atomic E-state index is -2.61. The molecule has 0 saturated carbocycles. The summed E-state index contributed by atoms with van der Waals surface area (Å²) in [4.78, 5) is 19.4. The smallest absolute Gasteiger partial charge is 0.0739 e. The Bertz CT molecular complexity index is 314. The van der Waals surface area contributed by atoms with Crippen LogP contribution in [0.1, 0.15) is 188 Å². The van der Waals surface area contributed by atoms with Gasteiger partial charge < -0.3 is 25.8 Å². The molecule has 6 heteroatoms. The van der Waals surface area contributed by atoms with Crippen LogP contribution in [-0.2, 0) is 4.52 Å². The third kappa shape index (κ3) is 52.6. The van der Waals surface area contributed by atoms with E-state index in [1.165, 1.54) is 154 Å². The van der Waals surface area contributed by atoms with E-state index in [0.29, 0.717) is 6.61 Å². The van der Waals surface area contributed by atoms with E-state index in [1.807, 2.05) is 6.92 Å². The minimum absolute atomic E-state index is 0.329. The van der Waals surface area contributed by atoms with Gasteiger partial charge in [0.2, 0.25) is 0 Å². The van der Waals surface area contributed by atoms with Crippen molar-refractivity contribution in [1.82, 2.24) is 0 Å². The van der Waals surface area contributed by atoms with Gasteiger partial charge in [-0.2, -0.15) is 8.60 Å². The Morgan fingerprint density at radius 1 is 0.395 bits per heavy atom. The van der Waals surface area contributed by atoms with Crippen LogP contribution in [0.5, 0.6) is 0 Å². The fraction of sp³-hybridized carbons (Fsp3) is 1.00. The lowest BCUT2D eigenvalue weighted by atomic mass is 10.1. The fourth-order valence-electron chi connectivity index (χ4n) is 4.32. The van der Waals surface area contributed by atoms with Crippen molar-refractivity contribution in [3.05, 3.63) is 0 Å². The Hall–Kier alpha value is 0.230. The van der Waals surface area contributed by atoms with Gasteiger partial charge in [0.05, 0.1) is 13.1 Å². The van der Waals surface area contributed by atoms with Crippen LogP contribution in [0.2, 0.25) is 0 Å². The molecule has 0 aromatic rings. The Labute approximate surface area is 241 Å². The first-order valence-electron chi connectivity index (χ1n) is 17.0. The molecule has 0 heterocycles. The molecule has 0 bridgehead atoms. The quantitative estimate of drug-likeness (QED) is 0.0753. The van der Waals surface area contributed by atoms with Crippen LogP contribution in [0.3, 0.4) is 0 Å². The third-order valence-electron chi connectivity index (χ3n) is 6.90. The molecule has 0 aromatic carbocycles. The molecule has 0 atom stereocenters. The maximum absolute atomic E-state index is 9.69. The van der Waals surface area contributed by atoms with Gasteiger partial charge in [0.15, 0.2) is 0 Å². The SMILES string of the molecule is CCCCCCCCCCCCCC[NH3+].CCCCCCCCCCCCCC[NH3+].CCCCOP([O-])[O-]. The topological polar surface area (TPSA) is 111 Å². The largest absolute Gasteiger partial charge is 0.820 e. The van der Waals surface area contributed by atoms with Gasteiger partial charge in [-0.1, -0.05) is 156 Å². The molecule has 0 aromatic heterocycles. The van der Waals surface area contributed by atoms with E-state index in [9.17, 15) is 9.79 Å². The van der Waals surface area contributed by atoms with Crippen molar-refractivity contribution in [2.24, 2.45) is 0 Å². The van der Waals surface area contributed by atoms with E-state index in [-0.39, 0.29) is 0 Å². The standard InChI is InChI=1S/2C14H31N.C4H9O3P/c2*1-2-3-4-5-6-7-8-9-10-11-12-13-14-15;1-2-3-4-7-8(5)6/h2*2-15H2,1H3;2-4H2,1H3/q;;-2/p+2. The highest BCUT2D eigenvalue weighted by Crippen LogP contribution is 2.13. The van der Waals surface area contributed by atoms with Crippen molar-refractivity contribution >= 4 is 8.60 Å². The molecule has 0 aliphatic carbocycles. The molecular formula is C32H73N2O3P. The molecular weight excluding hydrogens is 491 g/mol. The summed E-state index contributed by atoms with van der Waals surface area (Å²) < 4.78 is 4.24. The number of hydrogen-bond donors (Lipinski definition) is 2. The van der Waals surface area contributed by atoms with Crippen LogP contribution in [0, 0.1) is 0 Å². The molecule has 0 saturated heterocycles. The van der Waals surface area contributed by atoms with Crippen LogP contribution >= 0.6 is 8.60 Å². The van der Waals surface area contributed by atoms with Gasteiger partial charge in [0.25, 0.3) is 0 Å². The lowest BCUT2D eigenvalue weighted by Crippen LogP contribution is -2.50. The lowest BCUT2D eigenvalue weighted by Gasteiger charge is -2.28. The van der Waals surface area contributed by atoms with Crippen molar-refractivity contribution in [3.8, 4) is 0 Å². The maximum atomic E-state index is 9.69. The first-order valence-corrected chi connectivity index (χ1v) is 18.1. The fourth-order valence-corrected chi connectivity index (χ4v) is 4.60. The zero-order valence-electron chi connectivity index (χ0n) is 26.6. The molecule has 38 heavy (non-hydrogen) atoms. The molecule has 0 amide bonds. The molecule has 0 radical (unpaired) electrons. The summed E-state index contributed by atoms with van der Waals surface area (Å²) in [6.45, 7) is 9.11. The first kappa shape index (κ1) is 42.7. The number of hydrogen-bond acceptors (Lipinski definition) is 3. The van der Waals surface area contributed by atoms with Gasteiger partial charge in [-0.25, -0.2) is 0 Å². The van der Waals surface area contributed by atoms with E-state index < -0.39 is 8.60 Å².